The number of piperazine rings is 1. The summed E-state index contributed by atoms with van der Waals surface area (Å²) in [5.41, 5.74) is 3.06. The Bertz CT molecular complexity index is 2620. The van der Waals surface area contributed by atoms with E-state index < -0.39 is 47.4 Å². The molecule has 1 aliphatic rings. The Morgan fingerprint density at radius 1 is 0.479 bits per heavy atom. The maximum Gasteiger partial charge on any atom is 0.311 e. The molecule has 10 heteroatoms. The van der Waals surface area contributed by atoms with Gasteiger partial charge in [0.25, 0.3) is 5.91 Å². The van der Waals surface area contributed by atoms with Crippen LogP contribution in [0, 0.1) is 5.41 Å². The molecule has 1 saturated heterocycles. The van der Waals surface area contributed by atoms with Crippen LogP contribution in [-0.4, -0.2) is 90.1 Å². The Hall–Kier alpha value is -6.76. The molecular weight excluding hydrogens is 913 g/mol. The van der Waals surface area contributed by atoms with Gasteiger partial charge in [-0.25, -0.2) is 0 Å². The largest absolute Gasteiger partial charge is 0.462 e. The average molecular weight is 981 g/mol. The van der Waals surface area contributed by atoms with Crippen LogP contribution in [0.4, 0.5) is 0 Å². The van der Waals surface area contributed by atoms with Gasteiger partial charge < -0.3 is 33.7 Å². The van der Waals surface area contributed by atoms with Crippen molar-refractivity contribution in [1.29, 1.82) is 0 Å². The van der Waals surface area contributed by atoms with E-state index in [1.54, 1.807) is 20.8 Å². The molecule has 7 aromatic carbocycles. The van der Waals surface area contributed by atoms with Crippen LogP contribution in [0.1, 0.15) is 59.7 Å². The molecule has 0 spiro atoms. The molecule has 0 radical (unpaired) electrons. The fourth-order valence-corrected chi connectivity index (χ4v) is 9.54. The van der Waals surface area contributed by atoms with E-state index in [9.17, 15) is 9.90 Å². The van der Waals surface area contributed by atoms with Crippen molar-refractivity contribution in [3.63, 3.8) is 0 Å². The van der Waals surface area contributed by atoms with Crippen molar-refractivity contribution in [1.82, 2.24) is 9.80 Å². The van der Waals surface area contributed by atoms with Gasteiger partial charge in [-0.2, -0.15) is 0 Å². The molecule has 0 bridgehead atoms. The Morgan fingerprint density at radius 2 is 0.849 bits per heavy atom. The second-order valence-electron chi connectivity index (χ2n) is 19.7. The van der Waals surface area contributed by atoms with Gasteiger partial charge in [-0.05, 0) is 59.7 Å². The number of hydrogen-bond donors (Lipinski definition) is 1. The highest BCUT2D eigenvalue weighted by atomic mass is 16.6. The molecule has 0 aliphatic carbocycles. The number of rotatable bonds is 23. The first-order valence-electron chi connectivity index (χ1n) is 25.2. The highest BCUT2D eigenvalue weighted by molar-refractivity contribution is 5.82. The van der Waals surface area contributed by atoms with Gasteiger partial charge in [-0.1, -0.05) is 212 Å². The van der Waals surface area contributed by atoms with Crippen molar-refractivity contribution in [2.45, 2.75) is 76.7 Å². The Labute approximate surface area is 431 Å². The SMILES string of the molecule is CC(C)(C)C(=O)OCC(O)(COCc1ccccc1)C(OCc1ccccc1)C(OCc1ccccc1)C(OCc1ccccc1)C(=O)N1CCN(C(c2ccccc2)(c2ccccc2)c2ccccc2)CC1. The fraction of sp³-hybridized carbons (Fsp3) is 0.302. The van der Waals surface area contributed by atoms with E-state index in [-0.39, 0.29) is 38.9 Å². The minimum absolute atomic E-state index is 0.0176. The predicted octanol–water partition coefficient (Wildman–Crippen LogP) is 10.4. The van der Waals surface area contributed by atoms with Gasteiger partial charge in [0, 0.05) is 26.2 Å². The summed E-state index contributed by atoms with van der Waals surface area (Å²) in [6, 6.07) is 70.2. The summed E-state index contributed by atoms with van der Waals surface area (Å²) < 4.78 is 33.2. The first kappa shape index (κ1) is 52.6. The zero-order chi connectivity index (χ0) is 50.9. The topological polar surface area (TPSA) is 107 Å². The first-order chi connectivity index (χ1) is 35.5. The number of nitrogens with zero attached hydrogens (tertiary/aromatic N) is 2. The van der Waals surface area contributed by atoms with Crippen LogP contribution in [0.3, 0.4) is 0 Å². The summed E-state index contributed by atoms with van der Waals surface area (Å²) in [6.45, 7) is 6.38. The normalized spacial score (nSPS) is 15.4. The van der Waals surface area contributed by atoms with Gasteiger partial charge in [-0.3, -0.25) is 14.5 Å². The monoisotopic (exact) mass is 980 g/mol. The van der Waals surface area contributed by atoms with Crippen LogP contribution in [0.25, 0.3) is 0 Å². The van der Waals surface area contributed by atoms with Crippen molar-refractivity contribution in [3.05, 3.63) is 251 Å². The lowest BCUT2D eigenvalue weighted by molar-refractivity contribution is -0.237. The molecule has 4 unspecified atom stereocenters. The van der Waals surface area contributed by atoms with Gasteiger partial charge in [0.2, 0.25) is 0 Å². The second-order valence-corrected chi connectivity index (χ2v) is 19.7. The minimum Gasteiger partial charge on any atom is -0.462 e. The average Bonchev–Trinajstić information content (AvgIpc) is 3.43. The lowest BCUT2D eigenvalue weighted by Crippen LogP contribution is -2.64. The molecular formula is C63H68N2O8. The third kappa shape index (κ3) is 13.5. The molecule has 73 heavy (non-hydrogen) atoms. The van der Waals surface area contributed by atoms with E-state index in [0.29, 0.717) is 26.2 Å². The Kier molecular flexibility index (Phi) is 18.2. The molecule has 1 heterocycles. The zero-order valence-electron chi connectivity index (χ0n) is 42.2. The Balaban J connectivity index is 1.20. The smallest absolute Gasteiger partial charge is 0.311 e. The number of esters is 1. The third-order valence-corrected chi connectivity index (χ3v) is 13.4. The molecule has 1 N–H and O–H groups in total. The van der Waals surface area contributed by atoms with E-state index >= 15 is 4.79 Å². The predicted molar refractivity (Wildman–Crippen MR) is 284 cm³/mol. The van der Waals surface area contributed by atoms with Crippen LogP contribution in [0.2, 0.25) is 0 Å². The van der Waals surface area contributed by atoms with E-state index in [2.05, 4.69) is 77.7 Å². The standard InChI is InChI=1S/C63H68N2O8/c1-61(2,3)60(67)73-48-62(68,47-69-43-49-25-11-4-12-26-49)58(72-46-52-31-17-7-18-32-52)56(70-44-50-27-13-5-14-28-50)57(71-45-51-29-15-6-16-30-51)59(66)64-39-41-65(42-40-64)63(53-33-19-8-20-34-53,54-35-21-9-22-36-54)55-37-23-10-24-38-55/h4-38,56-58,68H,39-48H2,1-3H3. The van der Waals surface area contributed by atoms with Crippen molar-refractivity contribution in [3.8, 4) is 0 Å². The number of aliphatic hydroxyl groups is 1. The van der Waals surface area contributed by atoms with Gasteiger partial charge in [0.15, 0.2) is 11.7 Å². The summed E-state index contributed by atoms with van der Waals surface area (Å²) in [4.78, 5) is 33.8. The van der Waals surface area contributed by atoms with Crippen LogP contribution >= 0.6 is 0 Å². The molecule has 0 aromatic heterocycles. The van der Waals surface area contributed by atoms with Crippen molar-refractivity contribution in [2.24, 2.45) is 5.41 Å². The van der Waals surface area contributed by atoms with Gasteiger partial charge in [0.1, 0.15) is 18.8 Å². The van der Waals surface area contributed by atoms with Crippen LogP contribution < -0.4 is 0 Å². The maximum absolute atomic E-state index is 15.9. The van der Waals surface area contributed by atoms with Crippen LogP contribution in [0.5, 0.6) is 0 Å². The van der Waals surface area contributed by atoms with Crippen molar-refractivity contribution in [2.75, 3.05) is 39.4 Å². The Morgan fingerprint density at radius 3 is 1.26 bits per heavy atom. The molecule has 378 valence electrons. The molecule has 1 amide bonds. The number of carbonyl (C=O) groups excluding carboxylic acids is 2. The first-order valence-corrected chi connectivity index (χ1v) is 25.2. The summed E-state index contributed by atoms with van der Waals surface area (Å²) in [6.07, 6.45) is -3.99. The zero-order valence-corrected chi connectivity index (χ0v) is 42.2. The molecule has 4 atom stereocenters. The molecule has 7 aromatic rings. The van der Waals surface area contributed by atoms with E-state index in [1.807, 2.05) is 144 Å². The van der Waals surface area contributed by atoms with Crippen LogP contribution in [-0.2, 0) is 65.2 Å². The second kappa shape index (κ2) is 25.3. The maximum atomic E-state index is 15.9. The third-order valence-electron chi connectivity index (χ3n) is 13.4. The highest BCUT2D eigenvalue weighted by Gasteiger charge is 2.52. The fourth-order valence-electron chi connectivity index (χ4n) is 9.54. The lowest BCUT2D eigenvalue weighted by Gasteiger charge is -2.49. The van der Waals surface area contributed by atoms with E-state index in [4.69, 9.17) is 23.7 Å². The number of hydrogen-bond acceptors (Lipinski definition) is 9. The number of ether oxygens (including phenoxy) is 5. The van der Waals surface area contributed by atoms with Crippen molar-refractivity contribution < 1.29 is 38.4 Å². The van der Waals surface area contributed by atoms with E-state index in [1.165, 1.54) is 0 Å². The molecule has 10 nitrogen and oxygen atoms in total. The highest BCUT2D eigenvalue weighted by Crippen LogP contribution is 2.43. The number of carbonyl (C=O) groups is 2. The molecule has 0 saturated carbocycles. The lowest BCUT2D eigenvalue weighted by atomic mass is 9.75. The molecule has 1 fully saturated rings. The summed E-state index contributed by atoms with van der Waals surface area (Å²) >= 11 is 0. The van der Waals surface area contributed by atoms with Gasteiger partial charge in [0.05, 0.1) is 44.0 Å². The van der Waals surface area contributed by atoms with Crippen LogP contribution in [0.15, 0.2) is 212 Å². The van der Waals surface area contributed by atoms with Gasteiger partial charge in [-0.15, -0.1) is 0 Å². The van der Waals surface area contributed by atoms with Crippen molar-refractivity contribution >= 4 is 11.9 Å². The number of amides is 1. The number of benzene rings is 7. The van der Waals surface area contributed by atoms with Gasteiger partial charge >= 0.3 is 5.97 Å². The van der Waals surface area contributed by atoms with E-state index in [0.717, 1.165) is 38.9 Å². The summed E-state index contributed by atoms with van der Waals surface area (Å²) in [5, 5.41) is 13.4. The molecule has 1 aliphatic heterocycles. The summed E-state index contributed by atoms with van der Waals surface area (Å²) in [7, 11) is 0. The quantitative estimate of drug-likeness (QED) is 0.0495. The molecule has 8 rings (SSSR count). The summed E-state index contributed by atoms with van der Waals surface area (Å²) in [5.74, 6) is -0.855. The minimum atomic E-state index is -2.08.